The fraction of sp³-hybridized carbons (Fsp3) is 0.588. The van der Waals surface area contributed by atoms with Gasteiger partial charge in [0.15, 0.2) is 0 Å². The summed E-state index contributed by atoms with van der Waals surface area (Å²) >= 11 is 1.71. The molecule has 0 aromatic carbocycles. The lowest BCUT2D eigenvalue weighted by molar-refractivity contribution is 0.0702. The van der Waals surface area contributed by atoms with E-state index in [1.165, 1.54) is 0 Å². The van der Waals surface area contributed by atoms with E-state index in [1.54, 1.807) is 30.2 Å². The fourth-order valence-electron chi connectivity index (χ4n) is 3.31. The highest BCUT2D eigenvalue weighted by Crippen LogP contribution is 2.31. The van der Waals surface area contributed by atoms with Crippen molar-refractivity contribution < 1.29 is 9.53 Å². The molecule has 0 N–H and O–H groups in total. The van der Waals surface area contributed by atoms with Crippen LogP contribution in [-0.2, 0) is 13.5 Å². The maximum Gasteiger partial charge on any atom is 0.261 e. The summed E-state index contributed by atoms with van der Waals surface area (Å²) < 4.78 is 7.00. The van der Waals surface area contributed by atoms with Gasteiger partial charge in [-0.3, -0.25) is 4.79 Å². The Hall–Kier alpha value is -1.89. The van der Waals surface area contributed by atoms with Crippen molar-refractivity contribution in [1.82, 2.24) is 19.7 Å². The standard InChI is InChI=1S/C17H24N4O2S/c1-5-13-10-24-15(18-13)12-7-6-8-21(9-12)16(22)14-11(2)19-20(3)17(14)23-4/h10,12H,5-9H2,1-4H3/t12-/m0/s1. The quantitative estimate of drug-likeness (QED) is 0.852. The second-order valence-corrected chi connectivity index (χ2v) is 7.10. The van der Waals surface area contributed by atoms with Crippen molar-refractivity contribution >= 4 is 17.2 Å². The van der Waals surface area contributed by atoms with Crippen LogP contribution in [0.5, 0.6) is 5.88 Å². The van der Waals surface area contributed by atoms with E-state index in [4.69, 9.17) is 9.72 Å². The summed E-state index contributed by atoms with van der Waals surface area (Å²) in [6, 6.07) is 0. The number of carbonyl (C=O) groups is 1. The van der Waals surface area contributed by atoms with Crippen molar-refractivity contribution in [3.8, 4) is 5.88 Å². The smallest absolute Gasteiger partial charge is 0.261 e. The Morgan fingerprint density at radius 2 is 2.29 bits per heavy atom. The molecule has 0 radical (unpaired) electrons. The number of piperidine rings is 1. The maximum atomic E-state index is 13.0. The molecule has 2 aromatic heterocycles. The third-order valence-corrected chi connectivity index (χ3v) is 5.62. The van der Waals surface area contributed by atoms with Gasteiger partial charge < -0.3 is 9.64 Å². The molecular weight excluding hydrogens is 324 g/mol. The normalized spacial score (nSPS) is 18.0. The van der Waals surface area contributed by atoms with Gasteiger partial charge in [0.25, 0.3) is 5.91 Å². The van der Waals surface area contributed by atoms with Gasteiger partial charge >= 0.3 is 0 Å². The van der Waals surface area contributed by atoms with Crippen molar-refractivity contribution in [2.24, 2.45) is 7.05 Å². The highest BCUT2D eigenvalue weighted by molar-refractivity contribution is 7.09. The number of ether oxygens (including phenoxy) is 1. The van der Waals surface area contributed by atoms with Crippen molar-refractivity contribution in [3.63, 3.8) is 0 Å². The molecule has 1 aliphatic heterocycles. The summed E-state index contributed by atoms with van der Waals surface area (Å²) in [5.74, 6) is 0.868. The number of aryl methyl sites for hydroxylation is 3. The van der Waals surface area contributed by atoms with Crippen molar-refractivity contribution in [2.75, 3.05) is 20.2 Å². The zero-order valence-electron chi connectivity index (χ0n) is 14.7. The second-order valence-electron chi connectivity index (χ2n) is 6.21. The third-order valence-electron chi connectivity index (χ3n) is 4.57. The van der Waals surface area contributed by atoms with Crippen LogP contribution in [0.25, 0.3) is 0 Å². The van der Waals surface area contributed by atoms with Crippen molar-refractivity contribution in [3.05, 3.63) is 27.3 Å². The molecule has 2 aromatic rings. The van der Waals surface area contributed by atoms with E-state index in [9.17, 15) is 4.79 Å². The minimum atomic E-state index is 0.00872. The van der Waals surface area contributed by atoms with E-state index >= 15 is 0 Å². The molecule has 0 bridgehead atoms. The van der Waals surface area contributed by atoms with E-state index in [2.05, 4.69) is 17.4 Å². The Morgan fingerprint density at radius 3 is 2.96 bits per heavy atom. The second kappa shape index (κ2) is 6.93. The summed E-state index contributed by atoms with van der Waals surface area (Å²) in [6.07, 6.45) is 3.04. The van der Waals surface area contributed by atoms with Gasteiger partial charge in [-0.1, -0.05) is 6.92 Å². The molecule has 0 spiro atoms. The largest absolute Gasteiger partial charge is 0.481 e. The topological polar surface area (TPSA) is 60.2 Å². The Morgan fingerprint density at radius 1 is 1.50 bits per heavy atom. The zero-order chi connectivity index (χ0) is 17.3. The van der Waals surface area contributed by atoms with Crippen LogP contribution in [0.4, 0.5) is 0 Å². The number of hydrogen-bond acceptors (Lipinski definition) is 5. The molecule has 3 heterocycles. The molecule has 1 saturated heterocycles. The van der Waals surface area contributed by atoms with Crippen LogP contribution >= 0.6 is 11.3 Å². The number of likely N-dealkylation sites (tertiary alicyclic amines) is 1. The first-order valence-corrected chi connectivity index (χ1v) is 9.24. The molecule has 1 fully saturated rings. The average molecular weight is 348 g/mol. The van der Waals surface area contributed by atoms with Crippen molar-refractivity contribution in [2.45, 2.75) is 39.0 Å². The first kappa shape index (κ1) is 17.0. The summed E-state index contributed by atoms with van der Waals surface area (Å²) in [5, 5.41) is 7.60. The number of carbonyl (C=O) groups excluding carboxylic acids is 1. The molecule has 1 aliphatic rings. The monoisotopic (exact) mass is 348 g/mol. The van der Waals surface area contributed by atoms with Gasteiger partial charge in [-0.25, -0.2) is 9.67 Å². The summed E-state index contributed by atoms with van der Waals surface area (Å²) in [7, 11) is 3.37. The van der Waals surface area contributed by atoms with Crippen LogP contribution in [0.3, 0.4) is 0 Å². The molecule has 0 aliphatic carbocycles. The number of aromatic nitrogens is 3. The van der Waals surface area contributed by atoms with Crippen LogP contribution in [0.2, 0.25) is 0 Å². The average Bonchev–Trinajstić information content (AvgIpc) is 3.18. The van der Waals surface area contributed by atoms with Crippen LogP contribution in [-0.4, -0.2) is 45.8 Å². The molecule has 7 heteroatoms. The van der Waals surface area contributed by atoms with E-state index in [1.807, 2.05) is 11.8 Å². The van der Waals surface area contributed by atoms with E-state index in [0.29, 0.717) is 29.6 Å². The maximum absolute atomic E-state index is 13.0. The van der Waals surface area contributed by atoms with E-state index in [-0.39, 0.29) is 5.91 Å². The van der Waals surface area contributed by atoms with Gasteiger partial charge in [0, 0.05) is 31.4 Å². The molecule has 6 nitrogen and oxygen atoms in total. The van der Waals surface area contributed by atoms with Crippen LogP contribution in [0.1, 0.15) is 52.4 Å². The van der Waals surface area contributed by atoms with Gasteiger partial charge in [-0.2, -0.15) is 5.10 Å². The SMILES string of the molecule is CCc1csc([C@H]2CCCN(C(=O)c3c(C)nn(C)c3OC)C2)n1. The molecule has 0 unspecified atom stereocenters. The zero-order valence-corrected chi connectivity index (χ0v) is 15.5. The lowest BCUT2D eigenvalue weighted by atomic mass is 9.98. The molecule has 1 atom stereocenters. The highest BCUT2D eigenvalue weighted by atomic mass is 32.1. The Balaban J connectivity index is 1.81. The van der Waals surface area contributed by atoms with Gasteiger partial charge in [-0.05, 0) is 26.2 Å². The highest BCUT2D eigenvalue weighted by Gasteiger charge is 2.31. The predicted octanol–water partition coefficient (Wildman–Crippen LogP) is 2.78. The minimum Gasteiger partial charge on any atom is -0.481 e. The van der Waals surface area contributed by atoms with Crippen molar-refractivity contribution in [1.29, 1.82) is 0 Å². The molecule has 0 saturated carbocycles. The Kier molecular flexibility index (Phi) is 4.89. The summed E-state index contributed by atoms with van der Waals surface area (Å²) in [4.78, 5) is 19.7. The Labute approximate surface area is 146 Å². The predicted molar refractivity (Wildman–Crippen MR) is 93.9 cm³/mol. The lowest BCUT2D eigenvalue weighted by Crippen LogP contribution is -2.39. The number of methoxy groups -OCH3 is 1. The van der Waals surface area contributed by atoms with Gasteiger partial charge in [0.05, 0.1) is 23.5 Å². The first-order valence-electron chi connectivity index (χ1n) is 8.36. The van der Waals surface area contributed by atoms with Crippen LogP contribution in [0, 0.1) is 6.92 Å². The molecule has 24 heavy (non-hydrogen) atoms. The van der Waals surface area contributed by atoms with Gasteiger partial charge in [0.2, 0.25) is 5.88 Å². The number of nitrogens with zero attached hydrogens (tertiary/aromatic N) is 4. The summed E-state index contributed by atoms with van der Waals surface area (Å²) in [6.45, 7) is 5.46. The van der Waals surface area contributed by atoms with Crippen LogP contribution < -0.4 is 4.74 Å². The fourth-order valence-corrected chi connectivity index (χ4v) is 4.34. The summed E-state index contributed by atoms with van der Waals surface area (Å²) in [5.41, 5.74) is 2.43. The van der Waals surface area contributed by atoms with E-state index < -0.39 is 0 Å². The number of thiazole rings is 1. The van der Waals surface area contributed by atoms with Crippen LogP contribution in [0.15, 0.2) is 5.38 Å². The third kappa shape index (κ3) is 3.05. The number of amides is 1. The first-order chi connectivity index (χ1) is 11.5. The Bertz CT molecular complexity index is 737. The number of rotatable bonds is 4. The molecule has 1 amide bonds. The molecule has 130 valence electrons. The van der Waals surface area contributed by atoms with Gasteiger partial charge in [-0.15, -0.1) is 11.3 Å². The van der Waals surface area contributed by atoms with E-state index in [0.717, 1.165) is 36.5 Å². The lowest BCUT2D eigenvalue weighted by Gasteiger charge is -2.32. The molecule has 3 rings (SSSR count). The minimum absolute atomic E-state index is 0.00872. The van der Waals surface area contributed by atoms with Gasteiger partial charge in [0.1, 0.15) is 5.56 Å². The molecular formula is C17H24N4O2S. The number of hydrogen-bond donors (Lipinski definition) is 0.